The van der Waals surface area contributed by atoms with Crippen molar-refractivity contribution in [1.29, 1.82) is 0 Å². The number of alkyl halides is 2. The fourth-order valence-corrected chi connectivity index (χ4v) is 1.47. The molecule has 0 N–H and O–H groups in total. The van der Waals surface area contributed by atoms with E-state index in [1.807, 2.05) is 0 Å². The summed E-state index contributed by atoms with van der Waals surface area (Å²) in [5.41, 5.74) is 0.662. The van der Waals surface area contributed by atoms with E-state index < -0.39 is 13.0 Å². The van der Waals surface area contributed by atoms with E-state index in [9.17, 15) is 13.6 Å². The van der Waals surface area contributed by atoms with Crippen LogP contribution in [0.2, 0.25) is 0 Å². The maximum atomic E-state index is 12.0. The van der Waals surface area contributed by atoms with Crippen LogP contribution in [0, 0.1) is 0 Å². The van der Waals surface area contributed by atoms with E-state index in [0.717, 1.165) is 0 Å². The minimum absolute atomic E-state index is 0.212. The lowest BCUT2D eigenvalue weighted by Gasteiger charge is -2.06. The van der Waals surface area contributed by atoms with Gasteiger partial charge in [-0.05, 0) is 24.3 Å². The summed E-state index contributed by atoms with van der Waals surface area (Å²) in [6.07, 6.45) is -1.92. The number of halogens is 2. The van der Waals surface area contributed by atoms with Crippen LogP contribution >= 0.6 is 0 Å². The molecule has 0 saturated carbocycles. The van der Waals surface area contributed by atoms with Crippen molar-refractivity contribution in [3.63, 3.8) is 0 Å². The van der Waals surface area contributed by atoms with Crippen LogP contribution in [-0.2, 0) is 0 Å². The number of ether oxygens (including phenoxy) is 1. The van der Waals surface area contributed by atoms with Gasteiger partial charge in [-0.25, -0.2) is 8.78 Å². The van der Waals surface area contributed by atoms with Gasteiger partial charge in [-0.1, -0.05) is 12.1 Å². The standard InChI is InChI=1S/C13H10F2O3/c14-13(15)8-17-10-3-1-2-9(6-10)12-5-4-11(7-16)18-12/h1-7,13H,8H2. The molecule has 0 unspecified atom stereocenters. The lowest BCUT2D eigenvalue weighted by Crippen LogP contribution is -2.06. The van der Waals surface area contributed by atoms with Gasteiger partial charge in [-0.2, -0.15) is 0 Å². The summed E-state index contributed by atoms with van der Waals surface area (Å²) >= 11 is 0. The van der Waals surface area contributed by atoms with Crippen LogP contribution in [-0.4, -0.2) is 19.3 Å². The molecule has 3 nitrogen and oxygen atoms in total. The van der Waals surface area contributed by atoms with Gasteiger partial charge in [0.1, 0.15) is 18.1 Å². The molecule has 0 atom stereocenters. The zero-order valence-corrected chi connectivity index (χ0v) is 9.31. The van der Waals surface area contributed by atoms with Gasteiger partial charge < -0.3 is 9.15 Å². The Morgan fingerprint density at radius 2 is 2.11 bits per heavy atom. The Hall–Kier alpha value is -2.17. The van der Waals surface area contributed by atoms with Gasteiger partial charge in [-0.3, -0.25) is 4.79 Å². The van der Waals surface area contributed by atoms with E-state index >= 15 is 0 Å². The monoisotopic (exact) mass is 252 g/mol. The minimum atomic E-state index is -2.51. The van der Waals surface area contributed by atoms with Gasteiger partial charge in [0.05, 0.1) is 0 Å². The average Bonchev–Trinajstić information content (AvgIpc) is 2.85. The van der Waals surface area contributed by atoms with Gasteiger partial charge in [0.15, 0.2) is 12.0 Å². The lowest BCUT2D eigenvalue weighted by atomic mass is 10.1. The fourth-order valence-electron chi connectivity index (χ4n) is 1.47. The van der Waals surface area contributed by atoms with Crippen molar-refractivity contribution in [2.24, 2.45) is 0 Å². The Morgan fingerprint density at radius 1 is 1.28 bits per heavy atom. The van der Waals surface area contributed by atoms with E-state index in [-0.39, 0.29) is 5.76 Å². The van der Waals surface area contributed by atoms with Gasteiger partial charge in [0, 0.05) is 5.56 Å². The van der Waals surface area contributed by atoms with Crippen LogP contribution in [0.4, 0.5) is 8.78 Å². The molecule has 0 aliphatic heterocycles. The number of hydrogen-bond acceptors (Lipinski definition) is 3. The SMILES string of the molecule is O=Cc1ccc(-c2cccc(OCC(F)F)c2)o1. The molecule has 0 aliphatic carbocycles. The first-order chi connectivity index (χ1) is 8.69. The van der Waals surface area contributed by atoms with Crippen molar-refractivity contribution in [1.82, 2.24) is 0 Å². The summed E-state index contributed by atoms with van der Waals surface area (Å²) in [5, 5.41) is 0. The number of furan rings is 1. The zero-order valence-electron chi connectivity index (χ0n) is 9.31. The highest BCUT2D eigenvalue weighted by atomic mass is 19.3. The molecule has 1 aromatic heterocycles. The van der Waals surface area contributed by atoms with Crippen LogP contribution in [0.25, 0.3) is 11.3 Å². The smallest absolute Gasteiger partial charge is 0.272 e. The molecule has 1 aromatic carbocycles. The van der Waals surface area contributed by atoms with Crippen molar-refractivity contribution in [3.8, 4) is 17.1 Å². The largest absolute Gasteiger partial charge is 0.488 e. The highest BCUT2D eigenvalue weighted by molar-refractivity contribution is 5.73. The Labute approximate surface area is 102 Å². The second kappa shape index (κ2) is 5.44. The Kier molecular flexibility index (Phi) is 3.72. The van der Waals surface area contributed by atoms with E-state index in [4.69, 9.17) is 9.15 Å². The van der Waals surface area contributed by atoms with Crippen LogP contribution in [0.3, 0.4) is 0 Å². The summed E-state index contributed by atoms with van der Waals surface area (Å²) in [6, 6.07) is 9.73. The first-order valence-corrected chi connectivity index (χ1v) is 5.25. The third kappa shape index (κ3) is 2.94. The molecule has 2 rings (SSSR count). The number of benzene rings is 1. The minimum Gasteiger partial charge on any atom is -0.488 e. The normalized spacial score (nSPS) is 10.6. The Morgan fingerprint density at radius 3 is 2.78 bits per heavy atom. The van der Waals surface area contributed by atoms with Gasteiger partial charge >= 0.3 is 0 Å². The van der Waals surface area contributed by atoms with Gasteiger partial charge in [0.25, 0.3) is 6.43 Å². The predicted octanol–water partition coefficient (Wildman–Crippen LogP) is 3.40. The topological polar surface area (TPSA) is 39.4 Å². The Balaban J connectivity index is 2.18. The third-order valence-corrected chi connectivity index (χ3v) is 2.24. The van der Waals surface area contributed by atoms with E-state index in [2.05, 4.69) is 0 Å². The van der Waals surface area contributed by atoms with E-state index in [0.29, 0.717) is 23.4 Å². The van der Waals surface area contributed by atoms with Crippen molar-refractivity contribution in [2.45, 2.75) is 6.43 Å². The molecule has 0 radical (unpaired) electrons. The molecule has 0 amide bonds. The Bertz CT molecular complexity index is 535. The first kappa shape index (κ1) is 12.3. The molecule has 0 fully saturated rings. The molecule has 1 heterocycles. The van der Waals surface area contributed by atoms with Gasteiger partial charge in [0.2, 0.25) is 0 Å². The second-order valence-corrected chi connectivity index (χ2v) is 3.55. The highest BCUT2D eigenvalue weighted by Gasteiger charge is 2.07. The lowest BCUT2D eigenvalue weighted by molar-refractivity contribution is 0.0819. The molecular weight excluding hydrogens is 242 g/mol. The maximum Gasteiger partial charge on any atom is 0.272 e. The van der Waals surface area contributed by atoms with Crippen LogP contribution in [0.15, 0.2) is 40.8 Å². The fraction of sp³-hybridized carbons (Fsp3) is 0.154. The molecule has 18 heavy (non-hydrogen) atoms. The number of carbonyl (C=O) groups excluding carboxylic acids is 1. The molecule has 0 saturated heterocycles. The van der Waals surface area contributed by atoms with E-state index in [1.165, 1.54) is 6.07 Å². The van der Waals surface area contributed by atoms with E-state index in [1.54, 1.807) is 30.3 Å². The van der Waals surface area contributed by atoms with Crippen LogP contribution in [0.5, 0.6) is 5.75 Å². The van der Waals surface area contributed by atoms with Crippen molar-refractivity contribution < 1.29 is 22.7 Å². The number of aldehydes is 1. The molecule has 2 aromatic rings. The number of rotatable bonds is 5. The maximum absolute atomic E-state index is 12.0. The van der Waals surface area contributed by atoms with Gasteiger partial charge in [-0.15, -0.1) is 0 Å². The molecule has 0 spiro atoms. The summed E-state index contributed by atoms with van der Waals surface area (Å²) < 4.78 is 34.2. The molecular formula is C13H10F2O3. The van der Waals surface area contributed by atoms with Crippen molar-refractivity contribution in [3.05, 3.63) is 42.2 Å². The third-order valence-electron chi connectivity index (χ3n) is 2.24. The summed E-state index contributed by atoms with van der Waals surface area (Å²) in [5.74, 6) is 1.03. The zero-order chi connectivity index (χ0) is 13.0. The van der Waals surface area contributed by atoms with Crippen LogP contribution < -0.4 is 4.74 Å². The average molecular weight is 252 g/mol. The summed E-state index contributed by atoms with van der Waals surface area (Å²) in [6.45, 7) is -0.652. The number of hydrogen-bond donors (Lipinski definition) is 0. The molecule has 5 heteroatoms. The highest BCUT2D eigenvalue weighted by Crippen LogP contribution is 2.25. The second-order valence-electron chi connectivity index (χ2n) is 3.55. The molecule has 94 valence electrons. The first-order valence-electron chi connectivity index (χ1n) is 5.25. The summed E-state index contributed by atoms with van der Waals surface area (Å²) in [4.78, 5) is 10.5. The quantitative estimate of drug-likeness (QED) is 0.765. The summed E-state index contributed by atoms with van der Waals surface area (Å²) in [7, 11) is 0. The van der Waals surface area contributed by atoms with Crippen LogP contribution in [0.1, 0.15) is 10.6 Å². The molecule has 0 aliphatic rings. The van der Waals surface area contributed by atoms with Crippen molar-refractivity contribution in [2.75, 3.05) is 6.61 Å². The number of carbonyl (C=O) groups is 1. The van der Waals surface area contributed by atoms with Crippen molar-refractivity contribution >= 4 is 6.29 Å². The predicted molar refractivity (Wildman–Crippen MR) is 61.0 cm³/mol. The molecule has 0 bridgehead atoms.